The number of hydrogen-bond acceptors (Lipinski definition) is 4. The van der Waals surface area contributed by atoms with Gasteiger partial charge in [0, 0.05) is 19.7 Å². The summed E-state index contributed by atoms with van der Waals surface area (Å²) >= 11 is 0. The summed E-state index contributed by atoms with van der Waals surface area (Å²) in [7, 11) is 1.71. The molecule has 21 heavy (non-hydrogen) atoms. The van der Waals surface area contributed by atoms with Crippen molar-refractivity contribution in [2.24, 2.45) is 0 Å². The van der Waals surface area contributed by atoms with Gasteiger partial charge in [-0.05, 0) is 37.6 Å². The zero-order chi connectivity index (χ0) is 15.7. The number of rotatable bonds is 10. The predicted octanol–water partition coefficient (Wildman–Crippen LogP) is 4.04. The topological polar surface area (TPSA) is 58.4 Å². The van der Waals surface area contributed by atoms with E-state index in [1.165, 1.54) is 25.7 Å². The number of nitrogens with zero attached hydrogens (tertiary/aromatic N) is 2. The molecule has 1 aromatic carbocycles. The molecule has 0 aliphatic heterocycles. The molecule has 0 unspecified atom stereocenters. The molecule has 0 fully saturated rings. The van der Waals surface area contributed by atoms with Crippen molar-refractivity contribution in [3.05, 3.63) is 33.9 Å². The average Bonchev–Trinajstić information content (AvgIpc) is 2.49. The predicted molar refractivity (Wildman–Crippen MR) is 87.7 cm³/mol. The maximum Gasteiger partial charge on any atom is 0.292 e. The van der Waals surface area contributed by atoms with Crippen LogP contribution >= 0.6 is 0 Å². The Morgan fingerprint density at radius 2 is 1.81 bits per heavy atom. The molecule has 5 nitrogen and oxygen atoms in total. The smallest absolute Gasteiger partial charge is 0.292 e. The third-order valence-corrected chi connectivity index (χ3v) is 3.59. The van der Waals surface area contributed by atoms with E-state index in [9.17, 15) is 10.1 Å². The van der Waals surface area contributed by atoms with Gasteiger partial charge in [-0.2, -0.15) is 0 Å². The van der Waals surface area contributed by atoms with Crippen molar-refractivity contribution in [3.63, 3.8) is 0 Å². The van der Waals surface area contributed by atoms with Crippen LogP contribution in [0.5, 0.6) is 0 Å². The van der Waals surface area contributed by atoms with Crippen LogP contribution in [0.1, 0.15) is 45.1 Å². The molecule has 5 heteroatoms. The van der Waals surface area contributed by atoms with Gasteiger partial charge in [-0.15, -0.1) is 0 Å². The minimum Gasteiger partial charge on any atom is -0.383 e. The van der Waals surface area contributed by atoms with Gasteiger partial charge in [0.25, 0.3) is 5.69 Å². The molecule has 0 atom stereocenters. The van der Waals surface area contributed by atoms with Crippen LogP contribution in [0, 0.1) is 10.1 Å². The second kappa shape index (κ2) is 9.34. The molecule has 0 aliphatic carbocycles. The highest BCUT2D eigenvalue weighted by atomic mass is 16.6. The molecule has 0 saturated heterocycles. The first-order valence-electron chi connectivity index (χ1n) is 7.79. The Kier molecular flexibility index (Phi) is 7.75. The summed E-state index contributed by atoms with van der Waals surface area (Å²) in [4.78, 5) is 13.2. The fourth-order valence-corrected chi connectivity index (χ4v) is 2.33. The molecular formula is C16H27N3O2. The maximum atomic E-state index is 11.1. The molecule has 0 aliphatic rings. The van der Waals surface area contributed by atoms with Crippen LogP contribution in [0.4, 0.5) is 11.4 Å². The molecule has 0 amide bonds. The van der Waals surface area contributed by atoms with E-state index in [1.807, 2.05) is 6.07 Å². The third-order valence-electron chi connectivity index (χ3n) is 3.59. The lowest BCUT2D eigenvalue weighted by atomic mass is 10.1. The summed E-state index contributed by atoms with van der Waals surface area (Å²) < 4.78 is 0. The van der Waals surface area contributed by atoms with E-state index in [4.69, 9.17) is 0 Å². The number of anilines is 1. The fourth-order valence-electron chi connectivity index (χ4n) is 2.33. The van der Waals surface area contributed by atoms with E-state index < -0.39 is 0 Å². The summed E-state index contributed by atoms with van der Waals surface area (Å²) in [5.41, 5.74) is 1.73. The van der Waals surface area contributed by atoms with Gasteiger partial charge in [-0.25, -0.2) is 0 Å². The lowest BCUT2D eigenvalue weighted by molar-refractivity contribution is -0.384. The molecule has 0 spiro atoms. The Balaban J connectivity index is 2.82. The molecule has 1 N–H and O–H groups in total. The van der Waals surface area contributed by atoms with Crippen molar-refractivity contribution in [3.8, 4) is 0 Å². The monoisotopic (exact) mass is 293 g/mol. The maximum absolute atomic E-state index is 11.1. The van der Waals surface area contributed by atoms with Crippen molar-refractivity contribution < 1.29 is 4.92 Å². The first-order chi connectivity index (χ1) is 10.1. The number of benzene rings is 1. The number of nitro groups is 1. The van der Waals surface area contributed by atoms with Gasteiger partial charge in [0.05, 0.1) is 4.92 Å². The van der Waals surface area contributed by atoms with E-state index in [0.717, 1.165) is 25.2 Å². The van der Waals surface area contributed by atoms with E-state index in [0.29, 0.717) is 5.69 Å². The van der Waals surface area contributed by atoms with Gasteiger partial charge in [0.15, 0.2) is 0 Å². The summed E-state index contributed by atoms with van der Waals surface area (Å²) in [5, 5.41) is 14.0. The standard InChI is InChI=1S/C16H27N3O2/c1-4-6-10-18(11-7-5-2)13-14-8-9-15(17-3)16(12-14)19(20)21/h8-9,12,17H,4-7,10-11,13H2,1-3H3. The van der Waals surface area contributed by atoms with Crippen molar-refractivity contribution >= 4 is 11.4 Å². The lowest BCUT2D eigenvalue weighted by Crippen LogP contribution is -2.25. The molecule has 0 radical (unpaired) electrons. The molecule has 1 rings (SSSR count). The minimum absolute atomic E-state index is 0.154. The lowest BCUT2D eigenvalue weighted by Gasteiger charge is -2.22. The molecule has 0 saturated carbocycles. The SMILES string of the molecule is CCCCN(CCCC)Cc1ccc(NC)c([N+](=O)[O-])c1. The van der Waals surface area contributed by atoms with E-state index in [2.05, 4.69) is 24.1 Å². The van der Waals surface area contributed by atoms with Crippen LogP contribution in [0.25, 0.3) is 0 Å². The number of unbranched alkanes of at least 4 members (excludes halogenated alkanes) is 2. The Hall–Kier alpha value is -1.62. The van der Waals surface area contributed by atoms with Gasteiger partial charge in [0.1, 0.15) is 5.69 Å². The van der Waals surface area contributed by atoms with Gasteiger partial charge < -0.3 is 5.32 Å². The highest BCUT2D eigenvalue weighted by Gasteiger charge is 2.14. The van der Waals surface area contributed by atoms with Crippen LogP contribution in [0.15, 0.2) is 18.2 Å². The van der Waals surface area contributed by atoms with E-state index in [1.54, 1.807) is 19.2 Å². The number of nitrogens with one attached hydrogen (secondary N) is 1. The normalized spacial score (nSPS) is 10.9. The van der Waals surface area contributed by atoms with Crippen molar-refractivity contribution in [1.82, 2.24) is 4.90 Å². The number of hydrogen-bond donors (Lipinski definition) is 1. The summed E-state index contributed by atoms with van der Waals surface area (Å²) in [6.45, 7) is 7.26. The number of nitro benzene ring substituents is 1. The fraction of sp³-hybridized carbons (Fsp3) is 0.625. The third kappa shape index (κ3) is 5.71. The average molecular weight is 293 g/mol. The first kappa shape index (κ1) is 17.4. The van der Waals surface area contributed by atoms with Crippen LogP contribution in [-0.2, 0) is 6.54 Å². The Morgan fingerprint density at radius 3 is 2.29 bits per heavy atom. The Labute approximate surface area is 127 Å². The quantitative estimate of drug-likeness (QED) is 0.522. The molecule has 1 aromatic rings. The van der Waals surface area contributed by atoms with Crippen LogP contribution < -0.4 is 5.32 Å². The van der Waals surface area contributed by atoms with Gasteiger partial charge in [-0.3, -0.25) is 15.0 Å². The zero-order valence-electron chi connectivity index (χ0n) is 13.4. The molecule has 118 valence electrons. The van der Waals surface area contributed by atoms with Crippen LogP contribution in [0.2, 0.25) is 0 Å². The van der Waals surface area contributed by atoms with Crippen molar-refractivity contribution in [2.75, 3.05) is 25.5 Å². The van der Waals surface area contributed by atoms with Gasteiger partial charge >= 0.3 is 0 Å². The molecular weight excluding hydrogens is 266 g/mol. The second-order valence-corrected chi connectivity index (χ2v) is 5.34. The highest BCUT2D eigenvalue weighted by molar-refractivity contribution is 5.62. The van der Waals surface area contributed by atoms with Gasteiger partial charge in [0.2, 0.25) is 0 Å². The van der Waals surface area contributed by atoms with Crippen LogP contribution in [0.3, 0.4) is 0 Å². The summed E-state index contributed by atoms with van der Waals surface area (Å²) in [5.74, 6) is 0. The molecule has 0 heterocycles. The Bertz CT molecular complexity index is 441. The zero-order valence-corrected chi connectivity index (χ0v) is 13.4. The van der Waals surface area contributed by atoms with Gasteiger partial charge in [-0.1, -0.05) is 32.8 Å². The molecule has 0 bridgehead atoms. The van der Waals surface area contributed by atoms with Crippen LogP contribution in [-0.4, -0.2) is 30.0 Å². The largest absolute Gasteiger partial charge is 0.383 e. The van der Waals surface area contributed by atoms with Crippen molar-refractivity contribution in [1.29, 1.82) is 0 Å². The summed E-state index contributed by atoms with van der Waals surface area (Å²) in [6, 6.07) is 5.46. The van der Waals surface area contributed by atoms with E-state index in [-0.39, 0.29) is 10.6 Å². The Morgan fingerprint density at radius 1 is 1.19 bits per heavy atom. The van der Waals surface area contributed by atoms with Crippen molar-refractivity contribution in [2.45, 2.75) is 46.1 Å². The minimum atomic E-state index is -0.322. The summed E-state index contributed by atoms with van der Waals surface area (Å²) in [6.07, 6.45) is 4.67. The van der Waals surface area contributed by atoms with E-state index >= 15 is 0 Å². The molecule has 0 aromatic heterocycles. The second-order valence-electron chi connectivity index (χ2n) is 5.34. The highest BCUT2D eigenvalue weighted by Crippen LogP contribution is 2.25. The first-order valence-corrected chi connectivity index (χ1v) is 7.79.